The Morgan fingerprint density at radius 2 is 2.24 bits per heavy atom. The van der Waals surface area contributed by atoms with E-state index in [1.54, 1.807) is 19.1 Å². The van der Waals surface area contributed by atoms with Gasteiger partial charge < -0.3 is 19.8 Å². The van der Waals surface area contributed by atoms with Crippen molar-refractivity contribution in [2.45, 2.75) is 19.9 Å². The molecule has 0 saturated heterocycles. The number of rotatable bonds is 6. The Bertz CT molecular complexity index is 348. The number of esters is 1. The molecule has 0 saturated carbocycles. The van der Waals surface area contributed by atoms with Crippen molar-refractivity contribution < 1.29 is 18.7 Å². The third-order valence-electron chi connectivity index (χ3n) is 1.92. The molecule has 1 rings (SSSR count). The lowest BCUT2D eigenvalue weighted by Gasteiger charge is -2.06. The van der Waals surface area contributed by atoms with E-state index < -0.39 is 0 Å². The molecule has 1 aromatic rings. The molecule has 17 heavy (non-hydrogen) atoms. The van der Waals surface area contributed by atoms with E-state index in [9.17, 15) is 9.59 Å². The summed E-state index contributed by atoms with van der Waals surface area (Å²) in [6.07, 6.45) is 1.71. The molecule has 94 valence electrons. The molecule has 1 heterocycles. The third kappa shape index (κ3) is 5.60. The number of hydrogen-bond donors (Lipinski definition) is 2. The highest BCUT2D eigenvalue weighted by atomic mass is 16.5. The number of carbonyl (C=O) groups is 2. The SMILES string of the molecule is CCOC(=O)CCNC(=O)NCc1ccco1. The van der Waals surface area contributed by atoms with Crippen LogP contribution in [0.5, 0.6) is 0 Å². The third-order valence-corrected chi connectivity index (χ3v) is 1.92. The summed E-state index contributed by atoms with van der Waals surface area (Å²) in [7, 11) is 0. The van der Waals surface area contributed by atoms with Gasteiger partial charge in [0.15, 0.2) is 0 Å². The van der Waals surface area contributed by atoms with Gasteiger partial charge in [0.2, 0.25) is 0 Å². The van der Waals surface area contributed by atoms with Gasteiger partial charge in [0.1, 0.15) is 5.76 Å². The van der Waals surface area contributed by atoms with Gasteiger partial charge in [-0.15, -0.1) is 0 Å². The number of furan rings is 1. The van der Waals surface area contributed by atoms with Crippen molar-refractivity contribution >= 4 is 12.0 Å². The maximum absolute atomic E-state index is 11.3. The van der Waals surface area contributed by atoms with Crippen molar-refractivity contribution in [1.82, 2.24) is 10.6 Å². The minimum Gasteiger partial charge on any atom is -0.467 e. The van der Waals surface area contributed by atoms with Crippen LogP contribution in [0, 0.1) is 0 Å². The highest BCUT2D eigenvalue weighted by Gasteiger charge is 2.04. The minimum atomic E-state index is -0.342. The molecule has 0 aliphatic carbocycles. The predicted octanol–water partition coefficient (Wildman–Crippen LogP) is 1.03. The Balaban J connectivity index is 2.07. The molecular weight excluding hydrogens is 224 g/mol. The highest BCUT2D eigenvalue weighted by molar-refractivity contribution is 5.75. The second-order valence-electron chi connectivity index (χ2n) is 3.24. The van der Waals surface area contributed by atoms with Crippen molar-refractivity contribution in [1.29, 1.82) is 0 Å². The van der Waals surface area contributed by atoms with E-state index in [4.69, 9.17) is 9.15 Å². The summed E-state index contributed by atoms with van der Waals surface area (Å²) in [6, 6.07) is 3.17. The number of hydrogen-bond acceptors (Lipinski definition) is 4. The van der Waals surface area contributed by atoms with Crippen LogP contribution in [0.2, 0.25) is 0 Å². The van der Waals surface area contributed by atoms with Gasteiger partial charge in [-0.25, -0.2) is 4.79 Å². The second-order valence-corrected chi connectivity index (χ2v) is 3.24. The molecule has 2 N–H and O–H groups in total. The number of ether oxygens (including phenoxy) is 1. The van der Waals surface area contributed by atoms with Gasteiger partial charge in [-0.2, -0.15) is 0 Å². The Kier molecular flexibility index (Phi) is 5.63. The highest BCUT2D eigenvalue weighted by Crippen LogP contribution is 1.97. The van der Waals surface area contributed by atoms with Crippen molar-refractivity contribution in [2.24, 2.45) is 0 Å². The van der Waals surface area contributed by atoms with Crippen molar-refractivity contribution in [3.8, 4) is 0 Å². The van der Waals surface area contributed by atoms with Gasteiger partial charge in [0.25, 0.3) is 0 Å². The van der Waals surface area contributed by atoms with Crippen molar-refractivity contribution in [3.63, 3.8) is 0 Å². The molecule has 0 aliphatic heterocycles. The maximum atomic E-state index is 11.3. The lowest BCUT2D eigenvalue weighted by Crippen LogP contribution is -2.36. The van der Waals surface area contributed by atoms with Crippen molar-refractivity contribution in [2.75, 3.05) is 13.2 Å². The monoisotopic (exact) mass is 240 g/mol. The molecule has 2 amide bonds. The van der Waals surface area contributed by atoms with Gasteiger partial charge in [0.05, 0.1) is 25.8 Å². The summed E-state index contributed by atoms with van der Waals surface area (Å²) in [5, 5.41) is 5.14. The predicted molar refractivity (Wildman–Crippen MR) is 60.2 cm³/mol. The molecule has 0 fully saturated rings. The summed E-state index contributed by atoms with van der Waals surface area (Å²) in [5.41, 5.74) is 0. The van der Waals surface area contributed by atoms with Crippen LogP contribution in [0.4, 0.5) is 4.79 Å². The first-order valence-corrected chi connectivity index (χ1v) is 5.42. The molecule has 0 spiro atoms. The van der Waals surface area contributed by atoms with Crippen LogP contribution in [0.3, 0.4) is 0 Å². The summed E-state index contributed by atoms with van der Waals surface area (Å²) in [5.74, 6) is 0.351. The average molecular weight is 240 g/mol. The van der Waals surface area contributed by atoms with E-state index in [-0.39, 0.29) is 25.0 Å². The van der Waals surface area contributed by atoms with Crippen LogP contribution >= 0.6 is 0 Å². The Morgan fingerprint density at radius 3 is 2.88 bits per heavy atom. The van der Waals surface area contributed by atoms with Gasteiger partial charge in [0, 0.05) is 6.54 Å². The Morgan fingerprint density at radius 1 is 1.41 bits per heavy atom. The van der Waals surface area contributed by atoms with Gasteiger partial charge in [-0.05, 0) is 19.1 Å². The molecule has 0 aliphatic rings. The molecule has 0 unspecified atom stereocenters. The van der Waals surface area contributed by atoms with E-state index in [1.165, 1.54) is 6.26 Å². The van der Waals surface area contributed by atoms with Crippen molar-refractivity contribution in [3.05, 3.63) is 24.2 Å². The Labute approximate surface area is 99.3 Å². The number of nitrogens with one attached hydrogen (secondary N) is 2. The fraction of sp³-hybridized carbons (Fsp3) is 0.455. The molecule has 0 bridgehead atoms. The topological polar surface area (TPSA) is 80.6 Å². The fourth-order valence-electron chi connectivity index (χ4n) is 1.15. The van der Waals surface area contributed by atoms with Crippen LogP contribution in [0.15, 0.2) is 22.8 Å². The summed E-state index contributed by atoms with van der Waals surface area (Å²) < 4.78 is 9.76. The maximum Gasteiger partial charge on any atom is 0.315 e. The molecule has 0 aromatic carbocycles. The van der Waals surface area contributed by atoms with Crippen LogP contribution in [0.25, 0.3) is 0 Å². The first-order chi connectivity index (χ1) is 8.22. The van der Waals surface area contributed by atoms with Gasteiger partial charge >= 0.3 is 12.0 Å². The van der Waals surface area contributed by atoms with E-state index in [0.717, 1.165) is 0 Å². The largest absolute Gasteiger partial charge is 0.467 e. The summed E-state index contributed by atoms with van der Waals surface area (Å²) in [4.78, 5) is 22.2. The number of carbonyl (C=O) groups excluding carboxylic acids is 2. The second kappa shape index (κ2) is 7.32. The van der Waals surface area contributed by atoms with Gasteiger partial charge in [-0.3, -0.25) is 4.79 Å². The van der Waals surface area contributed by atoms with E-state index in [1.807, 2.05) is 0 Å². The van der Waals surface area contributed by atoms with E-state index in [0.29, 0.717) is 18.9 Å². The van der Waals surface area contributed by atoms with Gasteiger partial charge in [-0.1, -0.05) is 0 Å². The van der Waals surface area contributed by atoms with Crippen LogP contribution in [-0.2, 0) is 16.1 Å². The molecular formula is C11H16N2O4. The first kappa shape index (κ1) is 13.1. The van der Waals surface area contributed by atoms with E-state index in [2.05, 4.69) is 10.6 Å². The van der Waals surface area contributed by atoms with Crippen LogP contribution < -0.4 is 10.6 Å². The van der Waals surface area contributed by atoms with Crippen LogP contribution in [0.1, 0.15) is 19.1 Å². The smallest absolute Gasteiger partial charge is 0.315 e. The number of urea groups is 1. The summed E-state index contributed by atoms with van der Waals surface area (Å²) in [6.45, 7) is 2.66. The van der Waals surface area contributed by atoms with Crippen LogP contribution in [-0.4, -0.2) is 25.2 Å². The zero-order chi connectivity index (χ0) is 12.5. The summed E-state index contributed by atoms with van der Waals surface area (Å²) >= 11 is 0. The quantitative estimate of drug-likeness (QED) is 0.728. The molecule has 0 atom stereocenters. The zero-order valence-corrected chi connectivity index (χ0v) is 9.69. The fourth-order valence-corrected chi connectivity index (χ4v) is 1.15. The molecule has 0 radical (unpaired) electrons. The normalized spacial score (nSPS) is 9.71. The molecule has 1 aromatic heterocycles. The molecule has 6 nitrogen and oxygen atoms in total. The average Bonchev–Trinajstić information content (AvgIpc) is 2.79. The number of amides is 2. The first-order valence-electron chi connectivity index (χ1n) is 5.42. The minimum absolute atomic E-state index is 0.169. The Hall–Kier alpha value is -1.98. The lowest BCUT2D eigenvalue weighted by atomic mass is 10.4. The van der Waals surface area contributed by atoms with E-state index >= 15 is 0 Å². The standard InChI is InChI=1S/C11H16N2O4/c1-2-16-10(14)5-6-12-11(15)13-8-9-4-3-7-17-9/h3-4,7H,2,5-6,8H2,1H3,(H2,12,13,15). The lowest BCUT2D eigenvalue weighted by molar-refractivity contribution is -0.142. The zero-order valence-electron chi connectivity index (χ0n) is 9.69. The molecule has 6 heteroatoms.